The van der Waals surface area contributed by atoms with E-state index in [0.29, 0.717) is 19.1 Å². The first-order chi connectivity index (χ1) is 13.8. The van der Waals surface area contributed by atoms with Crippen LogP contribution in [0, 0.1) is 5.92 Å². The van der Waals surface area contributed by atoms with Crippen LogP contribution in [0.15, 0.2) is 30.3 Å². The summed E-state index contributed by atoms with van der Waals surface area (Å²) in [4.78, 5) is 2.61. The summed E-state index contributed by atoms with van der Waals surface area (Å²) in [6, 6.07) is 10.8. The lowest BCUT2D eigenvalue weighted by atomic mass is 9.95. The van der Waals surface area contributed by atoms with E-state index in [1.165, 1.54) is 29.7 Å². The minimum Gasteiger partial charge on any atom is -0.496 e. The van der Waals surface area contributed by atoms with Crippen molar-refractivity contribution in [3.05, 3.63) is 41.5 Å². The molecule has 1 unspecified atom stereocenters. The number of piperazine rings is 1. The van der Waals surface area contributed by atoms with Crippen molar-refractivity contribution in [1.29, 1.82) is 0 Å². The lowest BCUT2D eigenvalue weighted by Crippen LogP contribution is -2.45. The van der Waals surface area contributed by atoms with Crippen molar-refractivity contribution in [3.63, 3.8) is 0 Å². The van der Waals surface area contributed by atoms with E-state index in [4.69, 9.17) is 14.2 Å². The van der Waals surface area contributed by atoms with Crippen LogP contribution in [-0.2, 0) is 12.8 Å². The van der Waals surface area contributed by atoms with E-state index in [9.17, 15) is 0 Å². The smallest absolute Gasteiger partial charge is 0.165 e. The molecule has 28 heavy (non-hydrogen) atoms. The van der Waals surface area contributed by atoms with Crippen molar-refractivity contribution in [2.45, 2.75) is 12.8 Å². The van der Waals surface area contributed by atoms with Gasteiger partial charge in [-0.1, -0.05) is 18.2 Å². The highest BCUT2D eigenvalue weighted by Crippen LogP contribution is 2.44. The molecule has 2 aromatic carbocycles. The highest BCUT2D eigenvalue weighted by molar-refractivity contribution is 5.78. The number of nitrogens with one attached hydrogen (secondary N) is 1. The zero-order valence-electron chi connectivity index (χ0n) is 16.5. The van der Waals surface area contributed by atoms with E-state index in [1.54, 1.807) is 7.11 Å². The summed E-state index contributed by atoms with van der Waals surface area (Å²) < 4.78 is 17.3. The van der Waals surface area contributed by atoms with Gasteiger partial charge in [-0.25, -0.2) is 0 Å². The third-order valence-electron chi connectivity index (χ3n) is 6.15. The van der Waals surface area contributed by atoms with Gasteiger partial charge >= 0.3 is 0 Å². The molecular formula is C23H28N2O3. The standard InChI is InChI=1S/C23H28N2O3/c1-26-21-14-23-22(27-9-10-28-23)13-20(21)18-4-2-3-17-11-16(12-19(17)18)15-25-7-5-24-6-8-25/h2-4,13-14,16,24H,5-12,15H2,1H3. The first-order valence-corrected chi connectivity index (χ1v) is 10.3. The van der Waals surface area contributed by atoms with Crippen LogP contribution in [0.25, 0.3) is 11.1 Å². The third-order valence-corrected chi connectivity index (χ3v) is 6.15. The molecule has 1 fully saturated rings. The minimum atomic E-state index is 0.587. The average molecular weight is 380 g/mol. The first-order valence-electron chi connectivity index (χ1n) is 10.3. The number of ether oxygens (including phenoxy) is 3. The lowest BCUT2D eigenvalue weighted by Gasteiger charge is -2.29. The van der Waals surface area contributed by atoms with Crippen LogP contribution >= 0.6 is 0 Å². The van der Waals surface area contributed by atoms with E-state index >= 15 is 0 Å². The van der Waals surface area contributed by atoms with Gasteiger partial charge in [-0.15, -0.1) is 0 Å². The first kappa shape index (κ1) is 17.8. The third kappa shape index (κ3) is 3.33. The van der Waals surface area contributed by atoms with Crippen LogP contribution in [-0.4, -0.2) is 57.9 Å². The molecule has 2 heterocycles. The zero-order chi connectivity index (χ0) is 18.9. The second-order valence-corrected chi connectivity index (χ2v) is 7.96. The highest BCUT2D eigenvalue weighted by atomic mass is 16.6. The predicted octanol–water partition coefficient (Wildman–Crippen LogP) is 2.75. The van der Waals surface area contributed by atoms with Crippen LogP contribution in [0.1, 0.15) is 11.1 Å². The molecule has 5 heteroatoms. The van der Waals surface area contributed by atoms with Crippen molar-refractivity contribution in [3.8, 4) is 28.4 Å². The summed E-state index contributed by atoms with van der Waals surface area (Å²) in [5.41, 5.74) is 5.33. The van der Waals surface area contributed by atoms with E-state index in [1.807, 2.05) is 6.07 Å². The maximum Gasteiger partial charge on any atom is 0.165 e. The fourth-order valence-corrected chi connectivity index (χ4v) is 4.83. The summed E-state index contributed by atoms with van der Waals surface area (Å²) >= 11 is 0. The summed E-state index contributed by atoms with van der Waals surface area (Å²) in [6.07, 6.45) is 2.30. The molecule has 0 aromatic heterocycles. The molecule has 2 aliphatic heterocycles. The topological polar surface area (TPSA) is 43.0 Å². The van der Waals surface area contributed by atoms with Crippen LogP contribution in [0.4, 0.5) is 0 Å². The molecule has 1 atom stereocenters. The Morgan fingerprint density at radius 2 is 1.82 bits per heavy atom. The Labute approximate surface area is 166 Å². The number of methoxy groups -OCH3 is 1. The van der Waals surface area contributed by atoms with Gasteiger partial charge in [0.15, 0.2) is 11.5 Å². The van der Waals surface area contributed by atoms with Gasteiger partial charge in [0.2, 0.25) is 0 Å². The quantitative estimate of drug-likeness (QED) is 0.884. The molecule has 0 radical (unpaired) electrons. The Morgan fingerprint density at radius 1 is 1.04 bits per heavy atom. The fraction of sp³-hybridized carbons (Fsp3) is 0.478. The van der Waals surface area contributed by atoms with E-state index < -0.39 is 0 Å². The molecule has 1 aliphatic carbocycles. The monoisotopic (exact) mass is 380 g/mol. The van der Waals surface area contributed by atoms with Crippen molar-refractivity contribution in [2.75, 3.05) is 53.0 Å². The molecule has 148 valence electrons. The van der Waals surface area contributed by atoms with Gasteiger partial charge in [0.05, 0.1) is 7.11 Å². The second kappa shape index (κ2) is 7.64. The van der Waals surface area contributed by atoms with Crippen molar-refractivity contribution in [1.82, 2.24) is 10.2 Å². The van der Waals surface area contributed by atoms with Crippen LogP contribution in [0.5, 0.6) is 17.2 Å². The molecule has 0 saturated carbocycles. The molecule has 3 aliphatic rings. The SMILES string of the molecule is COc1cc2c(cc1-c1cccc3c1CC(CN1CCNCC1)C3)OCCO2. The molecule has 0 bridgehead atoms. The molecule has 2 aromatic rings. The van der Waals surface area contributed by atoms with Gasteiger partial charge in [-0.05, 0) is 41.5 Å². The number of hydrogen-bond acceptors (Lipinski definition) is 5. The van der Waals surface area contributed by atoms with Gasteiger partial charge in [0.25, 0.3) is 0 Å². The second-order valence-electron chi connectivity index (χ2n) is 7.96. The molecule has 0 spiro atoms. The summed E-state index contributed by atoms with van der Waals surface area (Å²) in [7, 11) is 1.73. The van der Waals surface area contributed by atoms with Gasteiger partial charge in [0, 0.05) is 44.4 Å². The molecular weight excluding hydrogens is 352 g/mol. The van der Waals surface area contributed by atoms with E-state index in [2.05, 4.69) is 34.5 Å². The lowest BCUT2D eigenvalue weighted by molar-refractivity contribution is 0.171. The Kier molecular flexibility index (Phi) is 4.87. The number of nitrogens with zero attached hydrogens (tertiary/aromatic N) is 1. The van der Waals surface area contributed by atoms with Gasteiger partial charge in [-0.3, -0.25) is 0 Å². The molecule has 1 saturated heterocycles. The summed E-state index contributed by atoms with van der Waals surface area (Å²) in [5, 5.41) is 3.45. The molecule has 1 N–H and O–H groups in total. The largest absolute Gasteiger partial charge is 0.496 e. The van der Waals surface area contributed by atoms with Crippen LogP contribution in [0.2, 0.25) is 0 Å². The molecule has 5 nitrogen and oxygen atoms in total. The van der Waals surface area contributed by atoms with Gasteiger partial charge < -0.3 is 24.4 Å². The normalized spacial score (nSPS) is 21.4. The molecule has 5 rings (SSSR count). The zero-order valence-corrected chi connectivity index (χ0v) is 16.5. The Bertz CT molecular complexity index is 861. The Hall–Kier alpha value is -2.24. The minimum absolute atomic E-state index is 0.587. The Balaban J connectivity index is 1.45. The number of fused-ring (bicyclic) bond motifs is 2. The average Bonchev–Trinajstić information content (AvgIpc) is 3.16. The van der Waals surface area contributed by atoms with Crippen LogP contribution in [0.3, 0.4) is 0 Å². The summed E-state index contributed by atoms with van der Waals surface area (Å²) in [5.74, 6) is 3.13. The maximum absolute atomic E-state index is 5.83. The number of benzene rings is 2. The Morgan fingerprint density at radius 3 is 2.61 bits per heavy atom. The van der Waals surface area contributed by atoms with Crippen molar-refractivity contribution < 1.29 is 14.2 Å². The molecule has 0 amide bonds. The maximum atomic E-state index is 5.83. The highest BCUT2D eigenvalue weighted by Gasteiger charge is 2.28. The van der Waals surface area contributed by atoms with E-state index in [-0.39, 0.29) is 0 Å². The van der Waals surface area contributed by atoms with Crippen molar-refractivity contribution >= 4 is 0 Å². The summed E-state index contributed by atoms with van der Waals surface area (Å²) in [6.45, 7) is 6.92. The number of hydrogen-bond donors (Lipinski definition) is 1. The fourth-order valence-electron chi connectivity index (χ4n) is 4.83. The van der Waals surface area contributed by atoms with Crippen molar-refractivity contribution in [2.24, 2.45) is 5.92 Å². The van der Waals surface area contributed by atoms with Gasteiger partial charge in [0.1, 0.15) is 19.0 Å². The van der Waals surface area contributed by atoms with Crippen LogP contribution < -0.4 is 19.5 Å². The van der Waals surface area contributed by atoms with E-state index in [0.717, 1.165) is 55.4 Å². The predicted molar refractivity (Wildman–Crippen MR) is 110 cm³/mol. The number of rotatable bonds is 4. The van der Waals surface area contributed by atoms with Gasteiger partial charge in [-0.2, -0.15) is 0 Å².